The smallest absolute Gasteiger partial charge is 0.251 e. The lowest BCUT2D eigenvalue weighted by atomic mass is 10.1. The van der Waals surface area contributed by atoms with Crippen molar-refractivity contribution in [2.45, 2.75) is 39.3 Å². The summed E-state index contributed by atoms with van der Waals surface area (Å²) in [4.78, 5) is 8.52. The number of aliphatic imine (C=N–C) groups is 1. The zero-order valence-electron chi connectivity index (χ0n) is 13.9. The fourth-order valence-corrected chi connectivity index (χ4v) is 2.96. The summed E-state index contributed by atoms with van der Waals surface area (Å²) in [6, 6.07) is 0. The van der Waals surface area contributed by atoms with E-state index in [1.165, 1.54) is 0 Å². The third-order valence-electron chi connectivity index (χ3n) is 4.18. The van der Waals surface area contributed by atoms with Crippen LogP contribution in [0.2, 0.25) is 0 Å². The number of guanidine groups is 1. The molecule has 3 rings (SSSR count). The number of nitrogens with zero attached hydrogens (tertiary/aromatic N) is 5. The molecular formula is C15H24F2N6. The van der Waals surface area contributed by atoms with E-state index in [1.54, 1.807) is 4.90 Å². The highest BCUT2D eigenvalue weighted by Gasteiger charge is 2.28. The van der Waals surface area contributed by atoms with Crippen LogP contribution < -0.4 is 5.32 Å². The molecular weight excluding hydrogens is 302 g/mol. The third-order valence-corrected chi connectivity index (χ3v) is 4.18. The summed E-state index contributed by atoms with van der Waals surface area (Å²) in [6.07, 6.45) is -0.413. The molecule has 0 unspecified atom stereocenters. The molecule has 3 heterocycles. The Morgan fingerprint density at radius 1 is 1.22 bits per heavy atom. The van der Waals surface area contributed by atoms with Gasteiger partial charge in [-0.05, 0) is 20.8 Å². The first-order chi connectivity index (χ1) is 10.8. The highest BCUT2D eigenvalue weighted by molar-refractivity contribution is 5.95. The number of anilines is 1. The van der Waals surface area contributed by atoms with E-state index in [4.69, 9.17) is 0 Å². The molecule has 1 N–H and O–H groups in total. The molecule has 0 spiro atoms. The lowest BCUT2D eigenvalue weighted by Gasteiger charge is -2.37. The minimum absolute atomic E-state index is 0.112. The second-order valence-corrected chi connectivity index (χ2v) is 7.04. The summed E-state index contributed by atoms with van der Waals surface area (Å²) in [6.45, 7) is 9.46. The molecule has 1 aromatic heterocycles. The van der Waals surface area contributed by atoms with Crippen LogP contribution in [-0.4, -0.2) is 64.7 Å². The van der Waals surface area contributed by atoms with Crippen molar-refractivity contribution in [3.05, 3.63) is 11.8 Å². The van der Waals surface area contributed by atoms with Crippen molar-refractivity contribution in [1.29, 1.82) is 0 Å². The van der Waals surface area contributed by atoms with Crippen molar-refractivity contribution in [3.8, 4) is 0 Å². The van der Waals surface area contributed by atoms with E-state index < -0.39 is 6.43 Å². The molecule has 1 aromatic rings. The minimum atomic E-state index is -2.27. The Balaban J connectivity index is 1.66. The highest BCUT2D eigenvalue weighted by atomic mass is 19.3. The van der Waals surface area contributed by atoms with Crippen molar-refractivity contribution >= 4 is 11.8 Å². The molecule has 0 saturated carbocycles. The molecule has 1 saturated heterocycles. The summed E-state index contributed by atoms with van der Waals surface area (Å²) in [7, 11) is 0. The Morgan fingerprint density at radius 3 is 2.52 bits per heavy atom. The van der Waals surface area contributed by atoms with E-state index in [1.807, 2.05) is 10.9 Å². The summed E-state index contributed by atoms with van der Waals surface area (Å²) in [5, 5.41) is 7.85. The molecule has 2 aliphatic rings. The van der Waals surface area contributed by atoms with Crippen LogP contribution >= 0.6 is 0 Å². The normalized spacial score (nSPS) is 19.6. The van der Waals surface area contributed by atoms with Crippen LogP contribution in [0.4, 0.5) is 14.6 Å². The van der Waals surface area contributed by atoms with Gasteiger partial charge in [-0.1, -0.05) is 0 Å². The molecule has 8 heteroatoms. The number of alkyl halides is 2. The van der Waals surface area contributed by atoms with Gasteiger partial charge in [0, 0.05) is 31.7 Å². The number of halogens is 2. The largest absolute Gasteiger partial charge is 0.340 e. The Labute approximate surface area is 135 Å². The van der Waals surface area contributed by atoms with Gasteiger partial charge in [0.1, 0.15) is 5.82 Å². The third kappa shape index (κ3) is 3.46. The molecule has 1 fully saturated rings. The number of nitrogens with one attached hydrogen (secondary N) is 1. The Bertz CT molecular complexity index is 581. The molecule has 0 bridgehead atoms. The molecule has 0 amide bonds. The molecule has 23 heavy (non-hydrogen) atoms. The SMILES string of the molecule is CC(C)(C)n1ncc2c1NC(N1CCN(CC(F)F)CC1)=NC2. The highest BCUT2D eigenvalue weighted by Crippen LogP contribution is 2.27. The fourth-order valence-electron chi connectivity index (χ4n) is 2.96. The minimum Gasteiger partial charge on any atom is -0.340 e. The lowest BCUT2D eigenvalue weighted by molar-refractivity contribution is 0.0696. The molecule has 0 aromatic carbocycles. The fraction of sp³-hybridized carbons (Fsp3) is 0.733. The number of hydrogen-bond donors (Lipinski definition) is 1. The number of rotatable bonds is 2. The summed E-state index contributed by atoms with van der Waals surface area (Å²) in [5.74, 6) is 1.80. The lowest BCUT2D eigenvalue weighted by Crippen LogP contribution is -2.52. The van der Waals surface area contributed by atoms with E-state index in [-0.39, 0.29) is 12.1 Å². The number of fused-ring (bicyclic) bond motifs is 1. The van der Waals surface area contributed by atoms with Gasteiger partial charge in [0.05, 0.1) is 24.8 Å². The van der Waals surface area contributed by atoms with E-state index >= 15 is 0 Å². The number of aromatic nitrogens is 2. The number of piperazine rings is 1. The van der Waals surface area contributed by atoms with E-state index in [2.05, 4.69) is 41.1 Å². The summed E-state index contributed by atoms with van der Waals surface area (Å²) >= 11 is 0. The first-order valence-electron chi connectivity index (χ1n) is 7.99. The summed E-state index contributed by atoms with van der Waals surface area (Å²) < 4.78 is 26.9. The van der Waals surface area contributed by atoms with Gasteiger partial charge >= 0.3 is 0 Å². The van der Waals surface area contributed by atoms with Crippen LogP contribution in [-0.2, 0) is 12.1 Å². The topological polar surface area (TPSA) is 48.7 Å². The zero-order valence-corrected chi connectivity index (χ0v) is 13.9. The van der Waals surface area contributed by atoms with Gasteiger partial charge in [-0.2, -0.15) is 5.10 Å². The quantitative estimate of drug-likeness (QED) is 0.900. The molecule has 2 aliphatic heterocycles. The number of hydrogen-bond acceptors (Lipinski definition) is 5. The van der Waals surface area contributed by atoms with Gasteiger partial charge in [-0.25, -0.2) is 18.5 Å². The standard InChI is InChI=1S/C15H24F2N6/c1-15(2,3)23-13-11(9-19-23)8-18-14(20-13)22-6-4-21(5-7-22)10-12(16)17/h9,12H,4-8,10H2,1-3H3,(H,18,20). The van der Waals surface area contributed by atoms with Gasteiger partial charge in [0.15, 0.2) is 5.96 Å². The maximum atomic E-state index is 12.5. The Kier molecular flexibility index (Phi) is 4.27. The maximum Gasteiger partial charge on any atom is 0.251 e. The second-order valence-electron chi connectivity index (χ2n) is 7.04. The predicted octanol–water partition coefficient (Wildman–Crippen LogP) is 1.80. The summed E-state index contributed by atoms with van der Waals surface area (Å²) in [5.41, 5.74) is 0.971. The van der Waals surface area contributed by atoms with Gasteiger partial charge in [0.25, 0.3) is 6.43 Å². The average molecular weight is 326 g/mol. The van der Waals surface area contributed by atoms with Gasteiger partial charge in [-0.3, -0.25) is 4.90 Å². The van der Waals surface area contributed by atoms with Crippen LogP contribution in [0.25, 0.3) is 0 Å². The van der Waals surface area contributed by atoms with Gasteiger partial charge < -0.3 is 10.2 Å². The zero-order chi connectivity index (χ0) is 16.6. The van der Waals surface area contributed by atoms with E-state index in [0.717, 1.165) is 17.3 Å². The van der Waals surface area contributed by atoms with Crippen molar-refractivity contribution in [2.24, 2.45) is 4.99 Å². The predicted molar refractivity (Wildman–Crippen MR) is 86.0 cm³/mol. The van der Waals surface area contributed by atoms with Crippen LogP contribution in [0.15, 0.2) is 11.2 Å². The second kappa shape index (κ2) is 6.07. The molecule has 0 atom stereocenters. The molecule has 0 radical (unpaired) electrons. The van der Waals surface area contributed by atoms with Gasteiger partial charge in [-0.15, -0.1) is 0 Å². The first-order valence-corrected chi connectivity index (χ1v) is 7.99. The average Bonchev–Trinajstić information content (AvgIpc) is 2.90. The molecule has 6 nitrogen and oxygen atoms in total. The Hall–Kier alpha value is -1.70. The van der Waals surface area contributed by atoms with E-state index in [0.29, 0.717) is 32.7 Å². The van der Waals surface area contributed by atoms with Crippen LogP contribution in [0.1, 0.15) is 26.3 Å². The van der Waals surface area contributed by atoms with E-state index in [9.17, 15) is 8.78 Å². The van der Waals surface area contributed by atoms with Gasteiger partial charge in [0.2, 0.25) is 0 Å². The monoisotopic (exact) mass is 326 g/mol. The van der Waals surface area contributed by atoms with Crippen molar-refractivity contribution in [3.63, 3.8) is 0 Å². The van der Waals surface area contributed by atoms with Crippen LogP contribution in [0, 0.1) is 0 Å². The van der Waals surface area contributed by atoms with Crippen molar-refractivity contribution in [2.75, 3.05) is 38.0 Å². The molecule has 0 aliphatic carbocycles. The van der Waals surface area contributed by atoms with Crippen molar-refractivity contribution < 1.29 is 8.78 Å². The maximum absolute atomic E-state index is 12.5. The van der Waals surface area contributed by atoms with Crippen molar-refractivity contribution in [1.82, 2.24) is 19.6 Å². The van der Waals surface area contributed by atoms with Crippen LogP contribution in [0.3, 0.4) is 0 Å². The molecule has 128 valence electrons. The van der Waals surface area contributed by atoms with Crippen LogP contribution in [0.5, 0.6) is 0 Å². The first kappa shape index (κ1) is 16.2. The Morgan fingerprint density at radius 2 is 1.91 bits per heavy atom.